The van der Waals surface area contributed by atoms with Crippen LogP contribution in [0.5, 0.6) is 0 Å². The van der Waals surface area contributed by atoms with Gasteiger partial charge >= 0.3 is 0 Å². The predicted molar refractivity (Wildman–Crippen MR) is 82.2 cm³/mol. The van der Waals surface area contributed by atoms with Gasteiger partial charge in [-0.05, 0) is 12.1 Å². The molecular formula is C15H19ClFN3O2. The van der Waals surface area contributed by atoms with Crippen molar-refractivity contribution in [3.8, 4) is 0 Å². The Morgan fingerprint density at radius 1 is 1.27 bits per heavy atom. The van der Waals surface area contributed by atoms with Crippen molar-refractivity contribution in [3.63, 3.8) is 0 Å². The van der Waals surface area contributed by atoms with Gasteiger partial charge in [-0.25, -0.2) is 4.39 Å². The standard InChI is InChI=1S/C15H19ClFN3O2/c1-18-14(21)10-19-5-7-20(8-6-19)15(22)9-11-12(16)3-2-4-13(11)17/h2-4H,5-10H2,1H3,(H,18,21). The van der Waals surface area contributed by atoms with E-state index in [-0.39, 0.29) is 28.8 Å². The highest BCUT2D eigenvalue weighted by molar-refractivity contribution is 6.31. The summed E-state index contributed by atoms with van der Waals surface area (Å²) in [5.41, 5.74) is 0.238. The number of piperazine rings is 1. The number of hydrogen-bond donors (Lipinski definition) is 1. The molecule has 1 aliphatic heterocycles. The van der Waals surface area contributed by atoms with Crippen molar-refractivity contribution >= 4 is 23.4 Å². The fraction of sp³-hybridized carbons (Fsp3) is 0.467. The summed E-state index contributed by atoms with van der Waals surface area (Å²) in [6, 6.07) is 4.40. The van der Waals surface area contributed by atoms with Gasteiger partial charge in [0.05, 0.1) is 13.0 Å². The first-order chi connectivity index (χ1) is 10.5. The summed E-state index contributed by atoms with van der Waals surface area (Å²) in [6.45, 7) is 2.65. The number of nitrogens with one attached hydrogen (secondary N) is 1. The van der Waals surface area contributed by atoms with Gasteiger partial charge in [0.25, 0.3) is 0 Å². The van der Waals surface area contributed by atoms with Gasteiger partial charge in [0.2, 0.25) is 11.8 Å². The first-order valence-electron chi connectivity index (χ1n) is 7.15. The van der Waals surface area contributed by atoms with Crippen molar-refractivity contribution < 1.29 is 14.0 Å². The highest BCUT2D eigenvalue weighted by Crippen LogP contribution is 2.20. The zero-order valence-corrected chi connectivity index (χ0v) is 13.2. The van der Waals surface area contributed by atoms with Crippen LogP contribution in [0.4, 0.5) is 4.39 Å². The van der Waals surface area contributed by atoms with Crippen molar-refractivity contribution in [2.24, 2.45) is 0 Å². The van der Waals surface area contributed by atoms with Crippen LogP contribution < -0.4 is 5.32 Å². The molecule has 0 aromatic heterocycles. The van der Waals surface area contributed by atoms with Crippen LogP contribution in [0.25, 0.3) is 0 Å². The second-order valence-electron chi connectivity index (χ2n) is 5.21. The highest BCUT2D eigenvalue weighted by Gasteiger charge is 2.23. The monoisotopic (exact) mass is 327 g/mol. The molecule has 22 heavy (non-hydrogen) atoms. The van der Waals surface area contributed by atoms with Gasteiger partial charge in [0.15, 0.2) is 0 Å². The number of benzene rings is 1. The fourth-order valence-corrected chi connectivity index (χ4v) is 2.63. The Kier molecular flexibility index (Phi) is 5.74. The number of carbonyl (C=O) groups excluding carboxylic acids is 2. The topological polar surface area (TPSA) is 52.7 Å². The van der Waals surface area contributed by atoms with Crippen LogP contribution in [-0.2, 0) is 16.0 Å². The van der Waals surface area contributed by atoms with Gasteiger partial charge < -0.3 is 10.2 Å². The summed E-state index contributed by atoms with van der Waals surface area (Å²) in [7, 11) is 1.60. The summed E-state index contributed by atoms with van der Waals surface area (Å²) < 4.78 is 13.7. The summed E-state index contributed by atoms with van der Waals surface area (Å²) >= 11 is 5.95. The van der Waals surface area contributed by atoms with Crippen LogP contribution in [0.1, 0.15) is 5.56 Å². The minimum absolute atomic E-state index is 0.0407. The average molecular weight is 328 g/mol. The lowest BCUT2D eigenvalue weighted by atomic mass is 10.1. The number of hydrogen-bond acceptors (Lipinski definition) is 3. The molecule has 1 aromatic carbocycles. The van der Waals surface area contributed by atoms with Gasteiger partial charge in [0, 0.05) is 43.8 Å². The van der Waals surface area contributed by atoms with Gasteiger partial charge in [-0.15, -0.1) is 0 Å². The number of amides is 2. The molecule has 0 bridgehead atoms. The largest absolute Gasteiger partial charge is 0.358 e. The third-order valence-electron chi connectivity index (χ3n) is 3.76. The first-order valence-corrected chi connectivity index (χ1v) is 7.52. The zero-order chi connectivity index (χ0) is 16.1. The maximum Gasteiger partial charge on any atom is 0.233 e. The zero-order valence-electron chi connectivity index (χ0n) is 12.4. The highest BCUT2D eigenvalue weighted by atomic mass is 35.5. The lowest BCUT2D eigenvalue weighted by molar-refractivity contribution is -0.132. The van der Waals surface area contributed by atoms with Crippen molar-refractivity contribution in [3.05, 3.63) is 34.6 Å². The first kappa shape index (κ1) is 16.7. The van der Waals surface area contributed by atoms with E-state index >= 15 is 0 Å². The number of nitrogens with zero attached hydrogens (tertiary/aromatic N) is 2. The second-order valence-corrected chi connectivity index (χ2v) is 5.61. The third-order valence-corrected chi connectivity index (χ3v) is 4.11. The van der Waals surface area contributed by atoms with Crippen LogP contribution >= 0.6 is 11.6 Å². The Balaban J connectivity index is 1.89. The Morgan fingerprint density at radius 2 is 1.95 bits per heavy atom. The molecule has 0 unspecified atom stereocenters. The van der Waals surface area contributed by atoms with Gasteiger partial charge in [-0.1, -0.05) is 17.7 Å². The van der Waals surface area contributed by atoms with E-state index in [1.54, 1.807) is 18.0 Å². The Bertz CT molecular complexity index is 539. The van der Waals surface area contributed by atoms with Crippen LogP contribution in [0.15, 0.2) is 18.2 Å². The molecule has 1 N–H and O–H groups in total. The SMILES string of the molecule is CNC(=O)CN1CCN(C(=O)Cc2c(F)cccc2Cl)CC1. The molecule has 2 amide bonds. The molecule has 0 radical (unpaired) electrons. The molecule has 5 nitrogen and oxygen atoms in total. The molecule has 1 aromatic rings. The van der Waals surface area contributed by atoms with E-state index in [2.05, 4.69) is 5.32 Å². The van der Waals surface area contributed by atoms with Crippen LogP contribution in [0.2, 0.25) is 5.02 Å². The molecule has 0 saturated carbocycles. The van der Waals surface area contributed by atoms with E-state index in [1.807, 2.05) is 4.90 Å². The summed E-state index contributed by atoms with van der Waals surface area (Å²) in [4.78, 5) is 27.3. The molecule has 7 heteroatoms. The quantitative estimate of drug-likeness (QED) is 0.894. The molecule has 1 fully saturated rings. The molecule has 0 aliphatic carbocycles. The van der Waals surface area contributed by atoms with Crippen LogP contribution in [0.3, 0.4) is 0 Å². The van der Waals surface area contributed by atoms with E-state index in [0.717, 1.165) is 0 Å². The molecule has 1 aliphatic rings. The maximum atomic E-state index is 13.7. The molecular weight excluding hydrogens is 309 g/mol. The normalized spacial score (nSPS) is 15.7. The van der Waals surface area contributed by atoms with E-state index < -0.39 is 5.82 Å². The molecule has 0 atom stereocenters. The van der Waals surface area contributed by atoms with Crippen LogP contribution in [-0.4, -0.2) is 61.4 Å². The minimum atomic E-state index is -0.459. The summed E-state index contributed by atoms with van der Waals surface area (Å²) in [6.07, 6.45) is -0.0407. The average Bonchev–Trinajstić information content (AvgIpc) is 2.51. The maximum absolute atomic E-state index is 13.7. The van der Waals surface area contributed by atoms with Gasteiger partial charge in [0.1, 0.15) is 5.82 Å². The predicted octanol–water partition coefficient (Wildman–Crippen LogP) is 0.912. The van der Waals surface area contributed by atoms with Crippen molar-refractivity contribution in [1.29, 1.82) is 0 Å². The van der Waals surface area contributed by atoms with E-state index in [1.165, 1.54) is 12.1 Å². The lowest BCUT2D eigenvalue weighted by Gasteiger charge is -2.34. The summed E-state index contributed by atoms with van der Waals surface area (Å²) in [5, 5.41) is 2.84. The van der Waals surface area contributed by atoms with E-state index in [0.29, 0.717) is 32.7 Å². The molecule has 120 valence electrons. The molecule has 0 spiro atoms. The number of carbonyl (C=O) groups is 2. The van der Waals surface area contributed by atoms with Gasteiger partial charge in [-0.3, -0.25) is 14.5 Å². The van der Waals surface area contributed by atoms with Crippen molar-refractivity contribution in [1.82, 2.24) is 15.1 Å². The molecule has 1 saturated heterocycles. The van der Waals surface area contributed by atoms with Gasteiger partial charge in [-0.2, -0.15) is 0 Å². The number of likely N-dealkylation sites (N-methyl/N-ethyl adjacent to an activating group) is 1. The number of halogens is 2. The van der Waals surface area contributed by atoms with Crippen LogP contribution in [0, 0.1) is 5.82 Å². The smallest absolute Gasteiger partial charge is 0.233 e. The fourth-order valence-electron chi connectivity index (χ4n) is 2.40. The molecule has 2 rings (SSSR count). The van der Waals surface area contributed by atoms with Crippen molar-refractivity contribution in [2.45, 2.75) is 6.42 Å². The van der Waals surface area contributed by atoms with Crippen molar-refractivity contribution in [2.75, 3.05) is 39.8 Å². The Hall–Kier alpha value is -1.66. The van der Waals surface area contributed by atoms with E-state index in [9.17, 15) is 14.0 Å². The molecule has 1 heterocycles. The Morgan fingerprint density at radius 3 is 2.55 bits per heavy atom. The number of rotatable bonds is 4. The van der Waals surface area contributed by atoms with E-state index in [4.69, 9.17) is 11.6 Å². The minimum Gasteiger partial charge on any atom is -0.358 e. The summed E-state index contributed by atoms with van der Waals surface area (Å²) in [5.74, 6) is -0.649. The Labute approximate surface area is 134 Å². The third kappa shape index (κ3) is 4.18. The second kappa shape index (κ2) is 7.56. The lowest BCUT2D eigenvalue weighted by Crippen LogP contribution is -2.51.